The van der Waals surface area contributed by atoms with Gasteiger partial charge in [-0.05, 0) is 30.2 Å². The van der Waals surface area contributed by atoms with Crippen molar-refractivity contribution in [2.45, 2.75) is 6.42 Å². The minimum atomic E-state index is 0.775. The standard InChI is InChI=1S/C14H12N4/c1-2-6-12-10(4-1)7-9-18(12)14-16-11-5-3-8-15-13(11)17-14/h1-6,8H,7,9H2,(H,15,16,17). The van der Waals surface area contributed by atoms with E-state index < -0.39 is 0 Å². The number of H-pyrrole nitrogens is 1. The third kappa shape index (κ3) is 1.32. The zero-order valence-electron chi connectivity index (χ0n) is 9.80. The monoisotopic (exact) mass is 236 g/mol. The van der Waals surface area contributed by atoms with Crippen LogP contribution in [0.2, 0.25) is 0 Å². The molecule has 4 nitrogen and oxygen atoms in total. The number of nitrogens with one attached hydrogen (secondary N) is 1. The summed E-state index contributed by atoms with van der Waals surface area (Å²) in [6.07, 6.45) is 2.84. The first-order valence-electron chi connectivity index (χ1n) is 6.08. The molecule has 2 aromatic heterocycles. The van der Waals surface area contributed by atoms with Gasteiger partial charge in [-0.3, -0.25) is 0 Å². The molecule has 4 heteroatoms. The molecule has 0 fully saturated rings. The maximum Gasteiger partial charge on any atom is 0.209 e. The Kier molecular flexibility index (Phi) is 1.91. The van der Waals surface area contributed by atoms with Gasteiger partial charge < -0.3 is 9.88 Å². The van der Waals surface area contributed by atoms with Gasteiger partial charge in [0.15, 0.2) is 5.65 Å². The Morgan fingerprint density at radius 1 is 1.11 bits per heavy atom. The lowest BCUT2D eigenvalue weighted by Crippen LogP contribution is -2.14. The molecule has 88 valence electrons. The summed E-state index contributed by atoms with van der Waals surface area (Å²) >= 11 is 0. The number of fused-ring (bicyclic) bond motifs is 2. The topological polar surface area (TPSA) is 44.8 Å². The van der Waals surface area contributed by atoms with Crippen LogP contribution in [0.4, 0.5) is 11.6 Å². The molecule has 4 rings (SSSR count). The summed E-state index contributed by atoms with van der Waals surface area (Å²) in [5.74, 6) is 0.883. The van der Waals surface area contributed by atoms with Crippen molar-refractivity contribution in [3.63, 3.8) is 0 Å². The van der Waals surface area contributed by atoms with Crippen molar-refractivity contribution in [2.24, 2.45) is 0 Å². The second-order valence-electron chi connectivity index (χ2n) is 4.47. The fourth-order valence-corrected chi connectivity index (χ4v) is 2.52. The van der Waals surface area contributed by atoms with Crippen LogP contribution in [0.25, 0.3) is 11.2 Å². The number of hydrogen-bond donors (Lipinski definition) is 1. The van der Waals surface area contributed by atoms with Crippen molar-refractivity contribution in [1.29, 1.82) is 0 Å². The van der Waals surface area contributed by atoms with Gasteiger partial charge in [-0.1, -0.05) is 18.2 Å². The lowest BCUT2D eigenvalue weighted by Gasteiger charge is -2.15. The van der Waals surface area contributed by atoms with E-state index in [1.807, 2.05) is 12.1 Å². The first-order chi connectivity index (χ1) is 8.92. The third-order valence-electron chi connectivity index (χ3n) is 3.39. The quantitative estimate of drug-likeness (QED) is 0.706. The Morgan fingerprint density at radius 2 is 2.06 bits per heavy atom. The molecular formula is C14H12N4. The van der Waals surface area contributed by atoms with Crippen LogP contribution in [-0.2, 0) is 6.42 Å². The summed E-state index contributed by atoms with van der Waals surface area (Å²) < 4.78 is 0. The first kappa shape index (κ1) is 9.65. The number of hydrogen-bond acceptors (Lipinski definition) is 3. The van der Waals surface area contributed by atoms with Crippen LogP contribution in [0, 0.1) is 0 Å². The number of nitrogens with zero attached hydrogens (tertiary/aromatic N) is 3. The smallest absolute Gasteiger partial charge is 0.209 e. The molecule has 0 spiro atoms. The predicted molar refractivity (Wildman–Crippen MR) is 71.0 cm³/mol. The molecule has 0 saturated carbocycles. The summed E-state index contributed by atoms with van der Waals surface area (Å²) in [5.41, 5.74) is 4.39. The van der Waals surface area contributed by atoms with Crippen LogP contribution in [0.3, 0.4) is 0 Å². The molecule has 0 aliphatic carbocycles. The fourth-order valence-electron chi connectivity index (χ4n) is 2.52. The zero-order valence-corrected chi connectivity index (χ0v) is 9.80. The van der Waals surface area contributed by atoms with Crippen molar-refractivity contribution >= 4 is 22.8 Å². The van der Waals surface area contributed by atoms with Crippen LogP contribution >= 0.6 is 0 Å². The van der Waals surface area contributed by atoms with Crippen molar-refractivity contribution in [3.05, 3.63) is 48.2 Å². The SMILES string of the molecule is c1ccc2c(c1)CCN2c1nc2ncccc2[nH]1. The lowest BCUT2D eigenvalue weighted by molar-refractivity contribution is 0.961. The number of para-hydroxylation sites is 1. The predicted octanol–water partition coefficient (Wildman–Crippen LogP) is 2.65. The van der Waals surface area contributed by atoms with E-state index in [0.29, 0.717) is 0 Å². The van der Waals surface area contributed by atoms with E-state index >= 15 is 0 Å². The number of pyridine rings is 1. The highest BCUT2D eigenvalue weighted by molar-refractivity contribution is 5.76. The van der Waals surface area contributed by atoms with E-state index in [2.05, 4.69) is 44.1 Å². The molecule has 1 N–H and O–H groups in total. The van der Waals surface area contributed by atoms with E-state index in [1.165, 1.54) is 11.3 Å². The van der Waals surface area contributed by atoms with Gasteiger partial charge in [0, 0.05) is 18.4 Å². The number of rotatable bonds is 1. The van der Waals surface area contributed by atoms with Gasteiger partial charge in [0.2, 0.25) is 5.95 Å². The van der Waals surface area contributed by atoms with E-state index in [1.54, 1.807) is 6.20 Å². The fraction of sp³-hybridized carbons (Fsp3) is 0.143. The van der Waals surface area contributed by atoms with Crippen LogP contribution in [-0.4, -0.2) is 21.5 Å². The minimum Gasteiger partial charge on any atom is -0.322 e. The minimum absolute atomic E-state index is 0.775. The second-order valence-corrected chi connectivity index (χ2v) is 4.47. The number of aromatic amines is 1. The molecule has 3 heterocycles. The van der Waals surface area contributed by atoms with Crippen molar-refractivity contribution in [2.75, 3.05) is 11.4 Å². The molecule has 18 heavy (non-hydrogen) atoms. The molecule has 0 unspecified atom stereocenters. The molecule has 0 atom stereocenters. The maximum atomic E-state index is 4.55. The molecule has 1 aliphatic heterocycles. The van der Waals surface area contributed by atoms with Gasteiger partial charge in [-0.2, -0.15) is 4.98 Å². The van der Waals surface area contributed by atoms with Crippen LogP contribution in [0.15, 0.2) is 42.6 Å². The van der Waals surface area contributed by atoms with Crippen molar-refractivity contribution < 1.29 is 0 Å². The largest absolute Gasteiger partial charge is 0.322 e. The summed E-state index contributed by atoms with van der Waals surface area (Å²) in [4.78, 5) is 14.4. The van der Waals surface area contributed by atoms with E-state index in [-0.39, 0.29) is 0 Å². The lowest BCUT2D eigenvalue weighted by atomic mass is 10.2. The Labute approximate surface area is 104 Å². The third-order valence-corrected chi connectivity index (χ3v) is 3.39. The molecule has 0 bridgehead atoms. The highest BCUT2D eigenvalue weighted by Crippen LogP contribution is 2.33. The summed E-state index contributed by atoms with van der Waals surface area (Å²) in [6, 6.07) is 12.4. The highest BCUT2D eigenvalue weighted by atomic mass is 15.3. The van der Waals surface area contributed by atoms with Gasteiger partial charge in [0.1, 0.15) is 0 Å². The Hall–Kier alpha value is -2.36. The first-order valence-corrected chi connectivity index (χ1v) is 6.08. The van der Waals surface area contributed by atoms with Gasteiger partial charge >= 0.3 is 0 Å². The molecule has 0 amide bonds. The molecule has 0 saturated heterocycles. The Morgan fingerprint density at radius 3 is 3.00 bits per heavy atom. The molecule has 1 aromatic carbocycles. The Bertz CT molecular complexity index is 683. The highest BCUT2D eigenvalue weighted by Gasteiger charge is 2.22. The van der Waals surface area contributed by atoms with Gasteiger partial charge in [-0.25, -0.2) is 4.98 Å². The molecular weight excluding hydrogens is 224 g/mol. The van der Waals surface area contributed by atoms with Crippen molar-refractivity contribution in [1.82, 2.24) is 15.0 Å². The summed E-state index contributed by atoms with van der Waals surface area (Å²) in [7, 11) is 0. The van der Waals surface area contributed by atoms with Crippen molar-refractivity contribution in [3.8, 4) is 0 Å². The average molecular weight is 236 g/mol. The van der Waals surface area contributed by atoms with Crippen LogP contribution < -0.4 is 4.90 Å². The summed E-state index contributed by atoms with van der Waals surface area (Å²) in [6.45, 7) is 0.971. The normalized spacial score (nSPS) is 14.1. The molecule has 1 aliphatic rings. The Balaban J connectivity index is 1.85. The maximum absolute atomic E-state index is 4.55. The summed E-state index contributed by atoms with van der Waals surface area (Å²) in [5, 5.41) is 0. The van der Waals surface area contributed by atoms with Crippen LogP contribution in [0.5, 0.6) is 0 Å². The van der Waals surface area contributed by atoms with Gasteiger partial charge in [0.05, 0.1) is 5.52 Å². The van der Waals surface area contributed by atoms with E-state index in [9.17, 15) is 0 Å². The zero-order chi connectivity index (χ0) is 11.9. The second kappa shape index (κ2) is 3.57. The average Bonchev–Trinajstić information content (AvgIpc) is 3.02. The number of benzene rings is 1. The van der Waals surface area contributed by atoms with E-state index in [0.717, 1.165) is 30.1 Å². The van der Waals surface area contributed by atoms with Crippen LogP contribution in [0.1, 0.15) is 5.56 Å². The van der Waals surface area contributed by atoms with E-state index in [4.69, 9.17) is 0 Å². The van der Waals surface area contributed by atoms with Gasteiger partial charge in [-0.15, -0.1) is 0 Å². The molecule has 0 radical (unpaired) electrons. The molecule has 3 aromatic rings. The number of imidazole rings is 1. The van der Waals surface area contributed by atoms with Gasteiger partial charge in [0.25, 0.3) is 0 Å². The number of aromatic nitrogens is 3. The number of anilines is 2.